The van der Waals surface area contributed by atoms with Gasteiger partial charge in [-0.05, 0) is 43.7 Å². The summed E-state index contributed by atoms with van der Waals surface area (Å²) in [6.07, 6.45) is 0. The normalized spacial score (nSPS) is 14.1. The summed E-state index contributed by atoms with van der Waals surface area (Å²) < 4.78 is 5.25. The van der Waals surface area contributed by atoms with Crippen LogP contribution in [0.2, 0.25) is 0 Å². The number of carbonyl (C=O) groups is 3. The van der Waals surface area contributed by atoms with Gasteiger partial charge in [-0.3, -0.25) is 19.3 Å². The second-order valence-corrected chi connectivity index (χ2v) is 6.37. The van der Waals surface area contributed by atoms with Crippen LogP contribution in [0, 0.1) is 0 Å². The van der Waals surface area contributed by atoms with Crippen molar-refractivity contribution < 1.29 is 19.1 Å². The molecule has 140 valence electrons. The number of hydrogen-bond donors (Lipinski definition) is 0. The summed E-state index contributed by atoms with van der Waals surface area (Å²) in [7, 11) is 1.59. The van der Waals surface area contributed by atoms with E-state index in [-0.39, 0.29) is 18.5 Å². The highest BCUT2D eigenvalue weighted by atomic mass is 16.5. The van der Waals surface area contributed by atoms with E-state index in [1.54, 1.807) is 36.3 Å². The number of ether oxygens (including phenoxy) is 1. The largest absolute Gasteiger partial charge is 0.497 e. The van der Waals surface area contributed by atoms with Crippen molar-refractivity contribution in [3.63, 3.8) is 0 Å². The molecule has 6 heteroatoms. The van der Waals surface area contributed by atoms with Crippen LogP contribution in [-0.4, -0.2) is 47.7 Å². The minimum absolute atomic E-state index is 0.215. The van der Waals surface area contributed by atoms with Crippen molar-refractivity contribution in [2.75, 3.05) is 20.2 Å². The van der Waals surface area contributed by atoms with Crippen LogP contribution in [0.15, 0.2) is 48.5 Å². The maximum absolute atomic E-state index is 12.9. The van der Waals surface area contributed by atoms with Gasteiger partial charge < -0.3 is 9.64 Å². The van der Waals surface area contributed by atoms with Crippen molar-refractivity contribution in [2.24, 2.45) is 0 Å². The lowest BCUT2D eigenvalue weighted by Gasteiger charge is -2.30. The maximum Gasteiger partial charge on any atom is 0.262 e. The average Bonchev–Trinajstić information content (AvgIpc) is 2.93. The quantitative estimate of drug-likeness (QED) is 0.738. The van der Waals surface area contributed by atoms with E-state index in [0.717, 1.165) is 10.5 Å². The molecule has 0 N–H and O–H groups in total. The van der Waals surface area contributed by atoms with Gasteiger partial charge in [0.15, 0.2) is 0 Å². The Kier molecular flexibility index (Phi) is 5.26. The Labute approximate surface area is 158 Å². The van der Waals surface area contributed by atoms with Crippen molar-refractivity contribution in [1.29, 1.82) is 0 Å². The number of likely N-dealkylation sites (N-methyl/N-ethyl adjacent to an activating group) is 1. The highest BCUT2D eigenvalue weighted by molar-refractivity contribution is 6.22. The Balaban J connectivity index is 1.78. The summed E-state index contributed by atoms with van der Waals surface area (Å²) >= 11 is 0. The summed E-state index contributed by atoms with van der Waals surface area (Å²) in [5, 5.41) is 0. The monoisotopic (exact) mass is 366 g/mol. The van der Waals surface area contributed by atoms with E-state index in [9.17, 15) is 14.4 Å². The zero-order valence-electron chi connectivity index (χ0n) is 15.6. The fraction of sp³-hybridized carbons (Fsp3) is 0.286. The summed E-state index contributed by atoms with van der Waals surface area (Å²) in [6.45, 7) is 3.98. The molecule has 6 nitrogen and oxygen atoms in total. The molecule has 0 radical (unpaired) electrons. The van der Waals surface area contributed by atoms with Crippen molar-refractivity contribution in [1.82, 2.24) is 9.80 Å². The molecule has 2 aromatic carbocycles. The van der Waals surface area contributed by atoms with Crippen molar-refractivity contribution in [2.45, 2.75) is 19.9 Å². The number of methoxy groups -OCH3 is 1. The molecule has 0 spiro atoms. The second kappa shape index (κ2) is 7.61. The number of fused-ring (bicyclic) bond motifs is 1. The molecular weight excluding hydrogens is 344 g/mol. The maximum atomic E-state index is 12.9. The lowest BCUT2D eigenvalue weighted by molar-refractivity contribution is -0.133. The third-order valence-electron chi connectivity index (χ3n) is 4.88. The minimum Gasteiger partial charge on any atom is -0.497 e. The molecule has 0 fully saturated rings. The molecule has 1 aliphatic rings. The van der Waals surface area contributed by atoms with Crippen LogP contribution in [0.25, 0.3) is 0 Å². The predicted octanol–water partition coefficient (Wildman–Crippen LogP) is 2.90. The van der Waals surface area contributed by atoms with Crippen LogP contribution in [0.4, 0.5) is 0 Å². The van der Waals surface area contributed by atoms with Gasteiger partial charge in [-0.15, -0.1) is 0 Å². The first kappa shape index (κ1) is 18.6. The molecule has 27 heavy (non-hydrogen) atoms. The van der Waals surface area contributed by atoms with Gasteiger partial charge in [-0.1, -0.05) is 24.3 Å². The molecule has 3 rings (SSSR count). The first-order chi connectivity index (χ1) is 13.0. The Morgan fingerprint density at radius 2 is 1.70 bits per heavy atom. The molecule has 2 aromatic rings. The zero-order valence-corrected chi connectivity index (χ0v) is 15.6. The van der Waals surface area contributed by atoms with Crippen LogP contribution in [0.1, 0.15) is 46.2 Å². The van der Waals surface area contributed by atoms with Crippen LogP contribution in [-0.2, 0) is 4.79 Å². The number of carbonyl (C=O) groups excluding carboxylic acids is 3. The third kappa shape index (κ3) is 3.43. The molecule has 1 aliphatic heterocycles. The van der Waals surface area contributed by atoms with Gasteiger partial charge in [0.1, 0.15) is 12.3 Å². The van der Waals surface area contributed by atoms with Gasteiger partial charge in [-0.25, -0.2) is 0 Å². The predicted molar refractivity (Wildman–Crippen MR) is 101 cm³/mol. The second-order valence-electron chi connectivity index (χ2n) is 6.37. The van der Waals surface area contributed by atoms with E-state index in [1.165, 1.54) is 0 Å². The number of nitrogens with zero attached hydrogens (tertiary/aromatic N) is 2. The molecule has 0 bridgehead atoms. The van der Waals surface area contributed by atoms with Crippen LogP contribution >= 0.6 is 0 Å². The van der Waals surface area contributed by atoms with Crippen molar-refractivity contribution in [3.8, 4) is 5.75 Å². The van der Waals surface area contributed by atoms with Crippen LogP contribution in [0.5, 0.6) is 5.75 Å². The Bertz CT molecular complexity index is 858. The first-order valence-electron chi connectivity index (χ1n) is 8.86. The van der Waals surface area contributed by atoms with Gasteiger partial charge >= 0.3 is 0 Å². The van der Waals surface area contributed by atoms with Crippen LogP contribution < -0.4 is 4.74 Å². The number of benzene rings is 2. The number of rotatable bonds is 6. The lowest BCUT2D eigenvalue weighted by atomic mass is 10.1. The smallest absolute Gasteiger partial charge is 0.262 e. The van der Waals surface area contributed by atoms with E-state index in [1.807, 2.05) is 38.1 Å². The highest BCUT2D eigenvalue weighted by Crippen LogP contribution is 2.26. The van der Waals surface area contributed by atoms with Crippen molar-refractivity contribution in [3.05, 3.63) is 65.2 Å². The highest BCUT2D eigenvalue weighted by Gasteiger charge is 2.37. The molecule has 1 atom stereocenters. The average molecular weight is 366 g/mol. The molecule has 0 aliphatic carbocycles. The lowest BCUT2D eigenvalue weighted by Crippen LogP contribution is -2.43. The summed E-state index contributed by atoms with van der Waals surface area (Å²) in [6, 6.07) is 13.9. The molecule has 0 saturated heterocycles. The fourth-order valence-corrected chi connectivity index (χ4v) is 3.36. The molecule has 0 aromatic heterocycles. The molecule has 0 saturated carbocycles. The Morgan fingerprint density at radius 3 is 2.26 bits per heavy atom. The standard InChI is InChI=1S/C21H22N2O4/c1-4-22(14(2)15-8-7-9-16(12-15)27-3)19(24)13-23-20(25)17-10-5-6-11-18(17)21(23)26/h5-12,14H,4,13H2,1-3H3. The summed E-state index contributed by atoms with van der Waals surface area (Å²) in [5.41, 5.74) is 1.62. The fourth-order valence-electron chi connectivity index (χ4n) is 3.36. The SMILES string of the molecule is CCN(C(=O)CN1C(=O)c2ccccc2C1=O)C(C)c1cccc(OC)c1. The minimum atomic E-state index is -0.422. The van der Waals surface area contributed by atoms with E-state index < -0.39 is 11.8 Å². The Morgan fingerprint density at radius 1 is 1.07 bits per heavy atom. The number of hydrogen-bond acceptors (Lipinski definition) is 4. The zero-order chi connectivity index (χ0) is 19.6. The number of amides is 3. The van der Waals surface area contributed by atoms with E-state index >= 15 is 0 Å². The Hall–Kier alpha value is -3.15. The van der Waals surface area contributed by atoms with Gasteiger partial charge in [0.25, 0.3) is 11.8 Å². The van der Waals surface area contributed by atoms with Gasteiger partial charge in [0, 0.05) is 6.54 Å². The van der Waals surface area contributed by atoms with Crippen molar-refractivity contribution >= 4 is 17.7 Å². The molecule has 1 heterocycles. The number of imide groups is 1. The first-order valence-corrected chi connectivity index (χ1v) is 8.86. The van der Waals surface area contributed by atoms with Gasteiger partial charge in [0.2, 0.25) is 5.91 Å². The molecule has 1 unspecified atom stereocenters. The van der Waals surface area contributed by atoms with E-state index in [4.69, 9.17) is 4.74 Å². The summed E-state index contributed by atoms with van der Waals surface area (Å²) in [5.74, 6) is -0.409. The summed E-state index contributed by atoms with van der Waals surface area (Å²) in [4.78, 5) is 40.6. The van der Waals surface area contributed by atoms with E-state index in [0.29, 0.717) is 23.4 Å². The molecular formula is C21H22N2O4. The third-order valence-corrected chi connectivity index (χ3v) is 4.88. The molecule has 3 amide bonds. The topological polar surface area (TPSA) is 66.9 Å². The van der Waals surface area contributed by atoms with Gasteiger partial charge in [0.05, 0.1) is 24.3 Å². The van der Waals surface area contributed by atoms with Gasteiger partial charge in [-0.2, -0.15) is 0 Å². The van der Waals surface area contributed by atoms with Crippen LogP contribution in [0.3, 0.4) is 0 Å². The van der Waals surface area contributed by atoms with E-state index in [2.05, 4.69) is 0 Å².